The number of carbonyl (C=O) groups excluding carboxylic acids is 1. The standard InChI is InChI=1S/C11H9N3O5/c1-2-18-11(15)9-12-10(19-13-9)7-5-3-4-6-8(7)14(16)17/h3-6H,2H2,1H3. The van der Waals surface area contributed by atoms with Crippen LogP contribution in [0.5, 0.6) is 0 Å². The van der Waals surface area contributed by atoms with Crippen LogP contribution in [-0.2, 0) is 4.74 Å². The molecule has 98 valence electrons. The minimum Gasteiger partial charge on any atom is -0.460 e. The summed E-state index contributed by atoms with van der Waals surface area (Å²) in [6, 6.07) is 5.88. The molecule has 0 spiro atoms. The van der Waals surface area contributed by atoms with E-state index in [1.54, 1.807) is 13.0 Å². The van der Waals surface area contributed by atoms with E-state index in [2.05, 4.69) is 10.1 Å². The van der Waals surface area contributed by atoms with Crippen molar-refractivity contribution in [2.24, 2.45) is 0 Å². The first kappa shape index (κ1) is 12.7. The van der Waals surface area contributed by atoms with Crippen LogP contribution in [0.1, 0.15) is 17.5 Å². The summed E-state index contributed by atoms with van der Waals surface area (Å²) in [4.78, 5) is 25.4. The highest BCUT2D eigenvalue weighted by Crippen LogP contribution is 2.27. The van der Waals surface area contributed by atoms with Gasteiger partial charge in [0.05, 0.1) is 11.5 Å². The fraction of sp³-hybridized carbons (Fsp3) is 0.182. The average Bonchev–Trinajstić information content (AvgIpc) is 2.88. The number of ether oxygens (including phenoxy) is 1. The van der Waals surface area contributed by atoms with Gasteiger partial charge in [0.15, 0.2) is 0 Å². The summed E-state index contributed by atoms with van der Waals surface area (Å²) in [7, 11) is 0. The Labute approximate surface area is 107 Å². The number of rotatable bonds is 4. The number of nitrogens with zero attached hydrogens (tertiary/aromatic N) is 3. The lowest BCUT2D eigenvalue weighted by Gasteiger charge is -1.96. The second-order valence-corrected chi connectivity index (χ2v) is 3.42. The highest BCUT2D eigenvalue weighted by atomic mass is 16.6. The molecule has 0 aliphatic heterocycles. The van der Waals surface area contributed by atoms with E-state index in [1.165, 1.54) is 18.2 Å². The number of hydrogen-bond donors (Lipinski definition) is 0. The van der Waals surface area contributed by atoms with Gasteiger partial charge in [0.2, 0.25) is 0 Å². The second kappa shape index (κ2) is 5.25. The molecule has 0 saturated heterocycles. The van der Waals surface area contributed by atoms with E-state index in [0.29, 0.717) is 0 Å². The summed E-state index contributed by atoms with van der Waals surface area (Å²) < 4.78 is 9.54. The number of hydrogen-bond acceptors (Lipinski definition) is 7. The molecule has 0 saturated carbocycles. The quantitative estimate of drug-likeness (QED) is 0.470. The maximum absolute atomic E-state index is 11.4. The van der Waals surface area contributed by atoms with E-state index in [1.807, 2.05) is 0 Å². The van der Waals surface area contributed by atoms with Gasteiger partial charge in [0.25, 0.3) is 17.4 Å². The van der Waals surface area contributed by atoms with Gasteiger partial charge in [-0.2, -0.15) is 4.98 Å². The van der Waals surface area contributed by atoms with Crippen molar-refractivity contribution in [1.82, 2.24) is 10.1 Å². The number of carbonyl (C=O) groups is 1. The van der Waals surface area contributed by atoms with Crippen LogP contribution < -0.4 is 0 Å². The Morgan fingerprint density at radius 2 is 2.21 bits per heavy atom. The van der Waals surface area contributed by atoms with E-state index >= 15 is 0 Å². The Morgan fingerprint density at radius 1 is 1.47 bits per heavy atom. The van der Waals surface area contributed by atoms with Crippen molar-refractivity contribution in [3.8, 4) is 11.5 Å². The molecule has 1 heterocycles. The number of nitro groups is 1. The van der Waals surface area contributed by atoms with Gasteiger partial charge < -0.3 is 9.26 Å². The molecule has 0 aliphatic rings. The Kier molecular flexibility index (Phi) is 3.51. The molecule has 0 fully saturated rings. The van der Waals surface area contributed by atoms with Crippen LogP contribution in [0.2, 0.25) is 0 Å². The van der Waals surface area contributed by atoms with Gasteiger partial charge in [-0.1, -0.05) is 12.1 Å². The number of nitro benzene ring substituents is 1. The molecule has 0 bridgehead atoms. The predicted molar refractivity (Wildman–Crippen MR) is 62.3 cm³/mol. The van der Waals surface area contributed by atoms with Gasteiger partial charge >= 0.3 is 5.97 Å². The molecule has 0 aliphatic carbocycles. The van der Waals surface area contributed by atoms with Gasteiger partial charge in [-0.15, -0.1) is 0 Å². The highest BCUT2D eigenvalue weighted by Gasteiger charge is 2.22. The fourth-order valence-corrected chi connectivity index (χ4v) is 1.43. The first-order valence-corrected chi connectivity index (χ1v) is 5.38. The van der Waals surface area contributed by atoms with Crippen LogP contribution in [-0.4, -0.2) is 27.6 Å². The Balaban J connectivity index is 2.38. The molecule has 2 rings (SSSR count). The van der Waals surface area contributed by atoms with Crippen molar-refractivity contribution in [1.29, 1.82) is 0 Å². The van der Waals surface area contributed by atoms with E-state index in [9.17, 15) is 14.9 Å². The normalized spacial score (nSPS) is 10.2. The van der Waals surface area contributed by atoms with Crippen LogP contribution >= 0.6 is 0 Å². The van der Waals surface area contributed by atoms with Crippen molar-refractivity contribution in [2.45, 2.75) is 6.92 Å². The molecule has 8 heteroatoms. The fourth-order valence-electron chi connectivity index (χ4n) is 1.43. The molecule has 0 amide bonds. The third-order valence-electron chi connectivity index (χ3n) is 2.22. The zero-order valence-corrected chi connectivity index (χ0v) is 9.90. The van der Waals surface area contributed by atoms with Gasteiger partial charge in [-0.3, -0.25) is 10.1 Å². The molecule has 2 aromatic rings. The molecular weight excluding hydrogens is 254 g/mol. The zero-order chi connectivity index (χ0) is 13.8. The lowest BCUT2D eigenvalue weighted by Crippen LogP contribution is -2.06. The van der Waals surface area contributed by atoms with Crippen LogP contribution in [0.4, 0.5) is 5.69 Å². The summed E-state index contributed by atoms with van der Waals surface area (Å²) in [5, 5.41) is 14.3. The number of para-hydroxylation sites is 1. The van der Waals surface area contributed by atoms with E-state index in [-0.39, 0.29) is 29.6 Å². The van der Waals surface area contributed by atoms with Crippen molar-refractivity contribution in [2.75, 3.05) is 6.61 Å². The van der Waals surface area contributed by atoms with Crippen LogP contribution in [0.25, 0.3) is 11.5 Å². The van der Waals surface area contributed by atoms with Crippen molar-refractivity contribution >= 4 is 11.7 Å². The van der Waals surface area contributed by atoms with Gasteiger partial charge in [0.1, 0.15) is 5.56 Å². The third-order valence-corrected chi connectivity index (χ3v) is 2.22. The van der Waals surface area contributed by atoms with Gasteiger partial charge in [0, 0.05) is 6.07 Å². The smallest absolute Gasteiger partial charge is 0.379 e. The maximum atomic E-state index is 11.4. The maximum Gasteiger partial charge on any atom is 0.379 e. The minimum absolute atomic E-state index is 0.102. The molecular formula is C11H9N3O5. The predicted octanol–water partition coefficient (Wildman–Crippen LogP) is 1.82. The molecule has 0 unspecified atom stereocenters. The SMILES string of the molecule is CCOC(=O)c1noc(-c2ccccc2[N+](=O)[O-])n1. The summed E-state index contributed by atoms with van der Waals surface area (Å²) in [5.74, 6) is -1.11. The van der Waals surface area contributed by atoms with Crippen LogP contribution in [0.3, 0.4) is 0 Å². The van der Waals surface area contributed by atoms with E-state index in [0.717, 1.165) is 0 Å². The number of aromatic nitrogens is 2. The number of benzene rings is 1. The first-order chi connectivity index (χ1) is 9.13. The van der Waals surface area contributed by atoms with Gasteiger partial charge in [-0.25, -0.2) is 4.79 Å². The zero-order valence-electron chi connectivity index (χ0n) is 9.90. The summed E-state index contributed by atoms with van der Waals surface area (Å²) in [6.45, 7) is 1.81. The van der Waals surface area contributed by atoms with E-state index < -0.39 is 10.9 Å². The largest absolute Gasteiger partial charge is 0.460 e. The van der Waals surface area contributed by atoms with Gasteiger partial charge in [-0.05, 0) is 18.1 Å². The highest BCUT2D eigenvalue weighted by molar-refractivity contribution is 5.85. The van der Waals surface area contributed by atoms with Crippen LogP contribution in [0.15, 0.2) is 28.8 Å². The van der Waals surface area contributed by atoms with Crippen molar-refractivity contribution in [3.05, 3.63) is 40.2 Å². The Hall–Kier alpha value is -2.77. The Bertz CT molecular complexity index is 622. The molecule has 8 nitrogen and oxygen atoms in total. The monoisotopic (exact) mass is 263 g/mol. The lowest BCUT2D eigenvalue weighted by atomic mass is 10.2. The van der Waals surface area contributed by atoms with E-state index in [4.69, 9.17) is 9.26 Å². The van der Waals surface area contributed by atoms with Crippen LogP contribution in [0, 0.1) is 10.1 Å². The summed E-state index contributed by atoms with van der Waals surface area (Å²) >= 11 is 0. The lowest BCUT2D eigenvalue weighted by molar-refractivity contribution is -0.384. The average molecular weight is 263 g/mol. The third kappa shape index (κ3) is 2.57. The van der Waals surface area contributed by atoms with Crippen molar-refractivity contribution in [3.63, 3.8) is 0 Å². The molecule has 0 radical (unpaired) electrons. The minimum atomic E-state index is -0.740. The molecule has 19 heavy (non-hydrogen) atoms. The molecule has 1 aromatic carbocycles. The first-order valence-electron chi connectivity index (χ1n) is 5.38. The van der Waals surface area contributed by atoms with Crippen molar-refractivity contribution < 1.29 is 19.0 Å². The second-order valence-electron chi connectivity index (χ2n) is 3.42. The summed E-state index contributed by atoms with van der Waals surface area (Å²) in [5.41, 5.74) is -0.0305. The summed E-state index contributed by atoms with van der Waals surface area (Å²) in [6.07, 6.45) is 0. The Morgan fingerprint density at radius 3 is 2.89 bits per heavy atom. The molecule has 0 atom stereocenters. The topological polar surface area (TPSA) is 108 Å². The number of esters is 1. The molecule has 0 N–H and O–H groups in total. The molecule has 1 aromatic heterocycles.